The molecule has 1 nitrogen and oxygen atoms in total. The Balaban J connectivity index is 2.99. The molecule has 0 N–H and O–H groups in total. The van der Waals surface area contributed by atoms with Gasteiger partial charge in [-0.1, -0.05) is 29.2 Å². The van der Waals surface area contributed by atoms with Crippen molar-refractivity contribution in [2.24, 2.45) is 0 Å². The monoisotopic (exact) mass is 149 g/mol. The number of benzene rings is 1. The highest BCUT2D eigenvalue weighted by atomic mass is 31.1. The van der Waals surface area contributed by atoms with E-state index in [1.807, 2.05) is 18.2 Å². The second kappa shape index (κ2) is 3.15. The Hall–Kier alpha value is -1.12. The van der Waals surface area contributed by atoms with Crippen LogP contribution in [-0.2, 0) is 4.57 Å². The van der Waals surface area contributed by atoms with E-state index in [0.717, 1.165) is 5.30 Å². The van der Waals surface area contributed by atoms with E-state index in [-0.39, 0.29) is 0 Å². The first kappa shape index (κ1) is 6.99. The molecule has 0 spiro atoms. The van der Waals surface area contributed by atoms with Crippen LogP contribution in [0, 0.1) is 12.1 Å². The van der Waals surface area contributed by atoms with Gasteiger partial charge >= 0.3 is 7.80 Å². The Bertz CT molecular complexity index is 271. The molecule has 0 saturated heterocycles. The topological polar surface area (TPSA) is 17.1 Å². The lowest BCUT2D eigenvalue weighted by Gasteiger charge is -1.77. The second-order valence-electron chi connectivity index (χ2n) is 1.76. The quantitative estimate of drug-likeness (QED) is 0.439. The van der Waals surface area contributed by atoms with Crippen molar-refractivity contribution in [3.05, 3.63) is 30.3 Å². The molecule has 1 aromatic rings. The third-order valence-electron chi connectivity index (χ3n) is 1.11. The predicted octanol–water partition coefficient (Wildman–Crippen LogP) is 1.73. The molecule has 10 heavy (non-hydrogen) atoms. The van der Waals surface area contributed by atoms with Crippen molar-refractivity contribution in [1.29, 1.82) is 0 Å². The lowest BCUT2D eigenvalue weighted by Crippen LogP contribution is -1.90. The van der Waals surface area contributed by atoms with Gasteiger partial charge in [-0.15, -0.1) is 0 Å². The number of terminal acetylenes is 1. The maximum atomic E-state index is 10.9. The second-order valence-corrected chi connectivity index (χ2v) is 3.12. The van der Waals surface area contributed by atoms with Crippen molar-refractivity contribution in [3.63, 3.8) is 0 Å². The van der Waals surface area contributed by atoms with Crippen LogP contribution in [0.4, 0.5) is 0 Å². The van der Waals surface area contributed by atoms with Gasteiger partial charge < -0.3 is 0 Å². The van der Waals surface area contributed by atoms with E-state index in [9.17, 15) is 4.57 Å². The molecule has 1 atom stereocenters. The fourth-order valence-electron chi connectivity index (χ4n) is 0.638. The minimum absolute atomic E-state index is 0.722. The highest BCUT2D eigenvalue weighted by Gasteiger charge is 2.13. The molecule has 0 radical (unpaired) electrons. The fourth-order valence-corrected chi connectivity index (χ4v) is 1.23. The summed E-state index contributed by atoms with van der Waals surface area (Å²) in [5, 5.41) is 0.722. The highest BCUT2D eigenvalue weighted by Crippen LogP contribution is 2.15. The van der Waals surface area contributed by atoms with Crippen LogP contribution < -0.4 is 5.30 Å². The van der Waals surface area contributed by atoms with Crippen LogP contribution in [0.3, 0.4) is 0 Å². The minimum Gasteiger partial charge on any atom is -0.0646 e. The molecule has 48 valence electrons. The normalized spacial score (nSPS) is 10.1. The Kier molecular flexibility index (Phi) is 2.20. The average Bonchev–Trinajstić information content (AvgIpc) is 2.05. The molecule has 0 aromatic heterocycles. The van der Waals surface area contributed by atoms with Gasteiger partial charge in [0, 0.05) is 0 Å². The smallest absolute Gasteiger partial charge is 0.0646 e. The molecule has 0 aliphatic carbocycles. The van der Waals surface area contributed by atoms with E-state index >= 15 is 0 Å². The maximum Gasteiger partial charge on any atom is 0.467 e. The molecule has 0 amide bonds. The van der Waals surface area contributed by atoms with Gasteiger partial charge in [-0.25, -0.2) is 0 Å². The van der Waals surface area contributed by atoms with Gasteiger partial charge in [0.15, 0.2) is 5.66 Å². The Morgan fingerprint density at radius 1 is 1.30 bits per heavy atom. The summed E-state index contributed by atoms with van der Waals surface area (Å²) in [6.45, 7) is 0. The third kappa shape index (κ3) is 1.43. The molecule has 0 saturated carbocycles. The van der Waals surface area contributed by atoms with Gasteiger partial charge in [-0.05, 0) is 12.1 Å². The molecule has 1 unspecified atom stereocenters. The molecule has 2 heteroatoms. The molecular formula is C8H6OP+. The molecule has 1 rings (SSSR count). The van der Waals surface area contributed by atoms with Crippen LogP contribution in [0.1, 0.15) is 0 Å². The number of hydrogen-bond acceptors (Lipinski definition) is 1. The zero-order chi connectivity index (χ0) is 7.40. The van der Waals surface area contributed by atoms with Crippen molar-refractivity contribution in [2.45, 2.75) is 0 Å². The van der Waals surface area contributed by atoms with Gasteiger partial charge in [0.2, 0.25) is 5.30 Å². The first-order chi connectivity index (χ1) is 4.84. The summed E-state index contributed by atoms with van der Waals surface area (Å²) < 4.78 is 10.9. The zero-order valence-electron chi connectivity index (χ0n) is 5.32. The fraction of sp³-hybridized carbons (Fsp3) is 0. The minimum atomic E-state index is -1.60. The summed E-state index contributed by atoms with van der Waals surface area (Å²) in [5.41, 5.74) is 2.19. The van der Waals surface area contributed by atoms with Gasteiger partial charge in [0.05, 0.1) is 0 Å². The molecule has 0 bridgehead atoms. The maximum absolute atomic E-state index is 10.9. The SMILES string of the molecule is C#C[P+](=O)c1ccccc1. The third-order valence-corrected chi connectivity index (χ3v) is 2.11. The van der Waals surface area contributed by atoms with Gasteiger partial charge in [-0.2, -0.15) is 0 Å². The van der Waals surface area contributed by atoms with E-state index in [4.69, 9.17) is 6.42 Å². The van der Waals surface area contributed by atoms with E-state index in [1.54, 1.807) is 12.1 Å². The van der Waals surface area contributed by atoms with E-state index in [1.165, 1.54) is 0 Å². The molecule has 0 aliphatic heterocycles. The lowest BCUT2D eigenvalue weighted by molar-refractivity contribution is 0.598. The van der Waals surface area contributed by atoms with Crippen LogP contribution in [0.2, 0.25) is 0 Å². The Morgan fingerprint density at radius 2 is 1.90 bits per heavy atom. The van der Waals surface area contributed by atoms with Crippen LogP contribution in [0.25, 0.3) is 0 Å². The van der Waals surface area contributed by atoms with Gasteiger partial charge in [0.1, 0.15) is 0 Å². The average molecular weight is 149 g/mol. The van der Waals surface area contributed by atoms with Crippen molar-refractivity contribution in [2.75, 3.05) is 0 Å². The largest absolute Gasteiger partial charge is 0.467 e. The molecule has 0 fully saturated rings. The summed E-state index contributed by atoms with van der Waals surface area (Å²) in [6.07, 6.45) is 4.97. The molecule has 1 aromatic carbocycles. The Morgan fingerprint density at radius 3 is 2.40 bits per heavy atom. The van der Waals surface area contributed by atoms with Crippen molar-refractivity contribution >= 4 is 13.1 Å². The summed E-state index contributed by atoms with van der Waals surface area (Å²) in [7, 11) is -1.60. The lowest BCUT2D eigenvalue weighted by atomic mass is 10.4. The van der Waals surface area contributed by atoms with E-state index < -0.39 is 7.80 Å². The first-order valence-corrected chi connectivity index (χ1v) is 4.09. The highest BCUT2D eigenvalue weighted by molar-refractivity contribution is 7.58. The van der Waals surface area contributed by atoms with Crippen molar-refractivity contribution in [1.82, 2.24) is 0 Å². The van der Waals surface area contributed by atoms with Crippen molar-refractivity contribution < 1.29 is 4.57 Å². The zero-order valence-corrected chi connectivity index (χ0v) is 6.21. The van der Waals surface area contributed by atoms with Crippen molar-refractivity contribution in [3.8, 4) is 12.1 Å². The molecule has 0 heterocycles. The van der Waals surface area contributed by atoms with Crippen LogP contribution in [0.15, 0.2) is 30.3 Å². The van der Waals surface area contributed by atoms with Gasteiger partial charge in [-0.3, -0.25) is 0 Å². The van der Waals surface area contributed by atoms with Crippen LogP contribution in [0.5, 0.6) is 0 Å². The summed E-state index contributed by atoms with van der Waals surface area (Å²) in [4.78, 5) is 0. The van der Waals surface area contributed by atoms with Crippen LogP contribution >= 0.6 is 7.80 Å². The number of rotatable bonds is 1. The van der Waals surface area contributed by atoms with E-state index in [0.29, 0.717) is 0 Å². The van der Waals surface area contributed by atoms with E-state index in [2.05, 4.69) is 5.66 Å². The predicted molar refractivity (Wildman–Crippen MR) is 42.5 cm³/mol. The van der Waals surface area contributed by atoms with Gasteiger partial charge in [0.25, 0.3) is 0 Å². The Labute approximate surface area is 60.9 Å². The number of hydrogen-bond donors (Lipinski definition) is 0. The molecule has 0 aliphatic rings. The first-order valence-electron chi connectivity index (χ1n) is 2.83. The summed E-state index contributed by atoms with van der Waals surface area (Å²) >= 11 is 0. The summed E-state index contributed by atoms with van der Waals surface area (Å²) in [5.74, 6) is 0. The molecular weight excluding hydrogens is 143 g/mol. The van der Waals surface area contributed by atoms with Crippen LogP contribution in [-0.4, -0.2) is 0 Å². The standard InChI is InChI=1S/C8H6OP/c1-2-10(9)8-6-4-3-5-7-8/h1,3-7H/q+1. The summed E-state index contributed by atoms with van der Waals surface area (Å²) in [6, 6.07) is 9.03.